The van der Waals surface area contributed by atoms with Crippen molar-refractivity contribution in [2.45, 2.75) is 24.3 Å². The predicted molar refractivity (Wildman–Crippen MR) is 71.6 cm³/mol. The average Bonchev–Trinajstić information content (AvgIpc) is 2.24. The monoisotopic (exact) mass is 315 g/mol. The molecule has 0 aromatic heterocycles. The van der Waals surface area contributed by atoms with Crippen LogP contribution in [0.25, 0.3) is 0 Å². The van der Waals surface area contributed by atoms with Gasteiger partial charge in [0.05, 0.1) is 4.90 Å². The van der Waals surface area contributed by atoms with E-state index < -0.39 is 10.0 Å². The van der Waals surface area contributed by atoms with Crippen LogP contribution in [0.2, 0.25) is 10.0 Å². The summed E-state index contributed by atoms with van der Waals surface area (Å²) in [7, 11) is -3.63. The number of hydrogen-bond donors (Lipinski definition) is 1. The molecule has 0 bridgehead atoms. The number of rotatable bonds is 5. The highest BCUT2D eigenvalue weighted by Gasteiger charge is 2.19. The quantitative estimate of drug-likeness (QED) is 0.847. The molecule has 0 aliphatic rings. The van der Waals surface area contributed by atoms with Crippen LogP contribution in [0.4, 0.5) is 0 Å². The summed E-state index contributed by atoms with van der Waals surface area (Å²) in [6.07, 6.45) is 0.608. The first-order valence-corrected chi connectivity index (χ1v) is 7.70. The van der Waals surface area contributed by atoms with Gasteiger partial charge in [0.2, 0.25) is 10.0 Å². The fourth-order valence-corrected chi connectivity index (χ4v) is 3.63. The van der Waals surface area contributed by atoms with Crippen LogP contribution in [0.3, 0.4) is 0 Å². The van der Waals surface area contributed by atoms with Gasteiger partial charge in [0.25, 0.3) is 0 Å². The molecule has 0 saturated heterocycles. The van der Waals surface area contributed by atoms with Crippen LogP contribution < -0.4 is 4.72 Å². The highest BCUT2D eigenvalue weighted by molar-refractivity contribution is 7.89. The van der Waals surface area contributed by atoms with Crippen LogP contribution in [0.1, 0.15) is 13.3 Å². The first kappa shape index (κ1) is 15.1. The highest BCUT2D eigenvalue weighted by Crippen LogP contribution is 2.22. The van der Waals surface area contributed by atoms with Gasteiger partial charge in [-0.25, -0.2) is 13.1 Å². The Morgan fingerprint density at radius 3 is 2.18 bits per heavy atom. The van der Waals surface area contributed by atoms with E-state index in [1.165, 1.54) is 18.2 Å². The molecule has 7 heteroatoms. The van der Waals surface area contributed by atoms with Crippen molar-refractivity contribution in [3.63, 3.8) is 0 Å². The zero-order valence-electron chi connectivity index (χ0n) is 9.08. The molecule has 1 aromatic rings. The summed E-state index contributed by atoms with van der Waals surface area (Å²) in [6, 6.07) is 3.86. The van der Waals surface area contributed by atoms with Gasteiger partial charge in [-0.15, -0.1) is 11.6 Å². The fourth-order valence-electron chi connectivity index (χ4n) is 1.20. The molecule has 0 radical (unpaired) electrons. The van der Waals surface area contributed by atoms with Crippen LogP contribution in [0.5, 0.6) is 0 Å². The van der Waals surface area contributed by atoms with E-state index in [1.54, 1.807) is 0 Å². The maximum atomic E-state index is 12.0. The zero-order chi connectivity index (χ0) is 13.1. The van der Waals surface area contributed by atoms with Gasteiger partial charge in [-0.3, -0.25) is 0 Å². The summed E-state index contributed by atoms with van der Waals surface area (Å²) in [6.45, 7) is 1.85. The number of sulfonamides is 1. The van der Waals surface area contributed by atoms with Gasteiger partial charge in [0, 0.05) is 22.0 Å². The summed E-state index contributed by atoms with van der Waals surface area (Å²) in [4.78, 5) is 0.0403. The van der Waals surface area contributed by atoms with Crippen LogP contribution >= 0.6 is 34.8 Å². The van der Waals surface area contributed by atoms with Crippen LogP contribution in [0, 0.1) is 0 Å². The Balaban J connectivity index is 3.04. The molecule has 96 valence electrons. The summed E-state index contributed by atoms with van der Waals surface area (Å²) in [5.41, 5.74) is 0. The third kappa shape index (κ3) is 4.30. The lowest BCUT2D eigenvalue weighted by atomic mass is 10.3. The topological polar surface area (TPSA) is 46.2 Å². The molecule has 0 amide bonds. The average molecular weight is 317 g/mol. The lowest BCUT2D eigenvalue weighted by molar-refractivity contribution is 0.557. The van der Waals surface area contributed by atoms with Gasteiger partial charge < -0.3 is 0 Å². The lowest BCUT2D eigenvalue weighted by Gasteiger charge is -2.14. The molecule has 17 heavy (non-hydrogen) atoms. The molecule has 1 unspecified atom stereocenters. The van der Waals surface area contributed by atoms with E-state index >= 15 is 0 Å². The Hall–Kier alpha value is -0.000000000000000111. The Labute approximate surface area is 116 Å². The summed E-state index contributed by atoms with van der Waals surface area (Å²) >= 11 is 17.2. The number of nitrogens with one attached hydrogen (secondary N) is 1. The van der Waals surface area contributed by atoms with Crippen LogP contribution in [-0.2, 0) is 10.0 Å². The van der Waals surface area contributed by atoms with Gasteiger partial charge in [-0.2, -0.15) is 0 Å². The molecular weight excluding hydrogens is 305 g/mol. The smallest absolute Gasteiger partial charge is 0.207 e. The van der Waals surface area contributed by atoms with Crippen molar-refractivity contribution in [1.82, 2.24) is 4.72 Å². The summed E-state index contributed by atoms with van der Waals surface area (Å²) in [5.74, 6) is 0.212. The van der Waals surface area contributed by atoms with Crippen LogP contribution in [-0.4, -0.2) is 20.3 Å². The first-order valence-electron chi connectivity index (χ1n) is 4.93. The van der Waals surface area contributed by atoms with E-state index in [1.807, 2.05) is 6.92 Å². The molecule has 0 fully saturated rings. The van der Waals surface area contributed by atoms with E-state index in [9.17, 15) is 8.42 Å². The summed E-state index contributed by atoms with van der Waals surface area (Å²) < 4.78 is 26.4. The normalized spacial score (nSPS) is 13.6. The summed E-state index contributed by atoms with van der Waals surface area (Å²) in [5, 5.41) is 0.550. The van der Waals surface area contributed by atoms with E-state index in [-0.39, 0.29) is 26.9 Å². The highest BCUT2D eigenvalue weighted by atomic mass is 35.5. The van der Waals surface area contributed by atoms with Gasteiger partial charge in [-0.05, 0) is 24.6 Å². The van der Waals surface area contributed by atoms with Crippen molar-refractivity contribution in [2.24, 2.45) is 0 Å². The Morgan fingerprint density at radius 1 is 1.24 bits per heavy atom. The van der Waals surface area contributed by atoms with Gasteiger partial charge in [0.15, 0.2) is 0 Å². The number of alkyl halides is 1. The fraction of sp³-hybridized carbons (Fsp3) is 0.400. The number of halogens is 3. The second-order valence-corrected chi connectivity index (χ2v) is 6.38. The van der Waals surface area contributed by atoms with Crippen molar-refractivity contribution in [2.75, 3.05) is 5.88 Å². The van der Waals surface area contributed by atoms with Gasteiger partial charge >= 0.3 is 0 Å². The van der Waals surface area contributed by atoms with Gasteiger partial charge in [-0.1, -0.05) is 30.1 Å². The number of benzene rings is 1. The standard InChI is InChI=1S/C10H12Cl3NO2S/c1-2-9(6-11)14-17(15,16)10-4-7(12)3-8(13)5-10/h3-5,9,14H,2,6H2,1H3. The molecular formula is C10H12Cl3NO2S. The van der Waals surface area contributed by atoms with E-state index in [0.29, 0.717) is 6.42 Å². The third-order valence-corrected chi connectivity index (χ3v) is 4.46. The Bertz CT molecular complexity index is 466. The van der Waals surface area contributed by atoms with Crippen molar-refractivity contribution >= 4 is 44.8 Å². The lowest BCUT2D eigenvalue weighted by Crippen LogP contribution is -2.35. The van der Waals surface area contributed by atoms with Crippen molar-refractivity contribution in [3.05, 3.63) is 28.2 Å². The zero-order valence-corrected chi connectivity index (χ0v) is 12.2. The molecule has 0 aliphatic heterocycles. The molecule has 1 N–H and O–H groups in total. The van der Waals surface area contributed by atoms with Crippen molar-refractivity contribution < 1.29 is 8.42 Å². The van der Waals surface area contributed by atoms with Crippen LogP contribution in [0.15, 0.2) is 23.1 Å². The Kier molecular flexibility index (Phi) is 5.54. The molecule has 0 heterocycles. The molecule has 0 saturated carbocycles. The number of hydrogen-bond acceptors (Lipinski definition) is 2. The second-order valence-electron chi connectivity index (χ2n) is 3.49. The Morgan fingerprint density at radius 2 is 1.76 bits per heavy atom. The van der Waals surface area contributed by atoms with E-state index in [2.05, 4.69) is 4.72 Å². The molecule has 0 aliphatic carbocycles. The molecule has 1 aromatic carbocycles. The SMILES string of the molecule is CCC(CCl)NS(=O)(=O)c1cc(Cl)cc(Cl)c1. The predicted octanol–water partition coefficient (Wildman–Crippen LogP) is 3.29. The largest absolute Gasteiger partial charge is 0.240 e. The maximum absolute atomic E-state index is 12.0. The first-order chi connectivity index (χ1) is 7.89. The second kappa shape index (κ2) is 6.25. The molecule has 1 atom stereocenters. The van der Waals surface area contributed by atoms with Crippen molar-refractivity contribution in [3.8, 4) is 0 Å². The maximum Gasteiger partial charge on any atom is 0.240 e. The minimum Gasteiger partial charge on any atom is -0.207 e. The third-order valence-electron chi connectivity index (χ3n) is 2.15. The van der Waals surface area contributed by atoms with E-state index in [4.69, 9.17) is 34.8 Å². The molecule has 1 rings (SSSR count). The minimum absolute atomic E-state index is 0.0403. The molecule has 0 spiro atoms. The van der Waals surface area contributed by atoms with E-state index in [0.717, 1.165) is 0 Å². The minimum atomic E-state index is -3.63. The molecule has 3 nitrogen and oxygen atoms in total. The van der Waals surface area contributed by atoms with Crippen molar-refractivity contribution in [1.29, 1.82) is 0 Å². The van der Waals surface area contributed by atoms with Gasteiger partial charge in [0.1, 0.15) is 0 Å².